The second kappa shape index (κ2) is 4.09. The second-order valence-corrected chi connectivity index (χ2v) is 3.25. The normalized spacial score (nSPS) is 13.9. The van der Waals surface area contributed by atoms with Gasteiger partial charge in [-0.2, -0.15) is 18.3 Å². The summed E-state index contributed by atoms with van der Waals surface area (Å²) in [4.78, 5) is 10.4. The van der Waals surface area contributed by atoms with Crippen LogP contribution in [0.2, 0.25) is 5.02 Å². The number of nitrogens with zero attached hydrogens (tertiary/aromatic N) is 2. The van der Waals surface area contributed by atoms with Crippen molar-refractivity contribution in [2.45, 2.75) is 12.7 Å². The molecule has 0 radical (unpaired) electrons. The standard InChI is InChI=1S/C7H6ClF3N2O2/c8-4-1-12-13(2-4)3-5(6(14)15)7(9,10)11/h1-2,5H,3H2,(H,14,15). The van der Waals surface area contributed by atoms with Gasteiger partial charge in [-0.1, -0.05) is 11.6 Å². The molecule has 0 amide bonds. The van der Waals surface area contributed by atoms with Crippen molar-refractivity contribution in [3.8, 4) is 0 Å². The lowest BCUT2D eigenvalue weighted by atomic mass is 10.1. The number of rotatable bonds is 3. The van der Waals surface area contributed by atoms with E-state index in [-0.39, 0.29) is 5.02 Å². The van der Waals surface area contributed by atoms with E-state index in [4.69, 9.17) is 16.7 Å². The molecule has 1 rings (SSSR count). The first-order valence-electron chi connectivity index (χ1n) is 3.78. The van der Waals surface area contributed by atoms with E-state index < -0.39 is 24.6 Å². The molecular formula is C7H6ClF3N2O2. The van der Waals surface area contributed by atoms with Crippen molar-refractivity contribution in [2.24, 2.45) is 5.92 Å². The molecule has 0 saturated heterocycles. The van der Waals surface area contributed by atoms with Crippen molar-refractivity contribution in [3.63, 3.8) is 0 Å². The molecule has 1 aromatic rings. The van der Waals surface area contributed by atoms with Gasteiger partial charge in [-0.05, 0) is 0 Å². The highest BCUT2D eigenvalue weighted by atomic mass is 35.5. The van der Waals surface area contributed by atoms with Gasteiger partial charge in [0.25, 0.3) is 0 Å². The summed E-state index contributed by atoms with van der Waals surface area (Å²) >= 11 is 5.43. The molecule has 1 atom stereocenters. The van der Waals surface area contributed by atoms with Gasteiger partial charge in [0.05, 0.1) is 17.8 Å². The van der Waals surface area contributed by atoms with Crippen LogP contribution in [0.25, 0.3) is 0 Å². The van der Waals surface area contributed by atoms with E-state index in [1.54, 1.807) is 0 Å². The first-order valence-corrected chi connectivity index (χ1v) is 4.16. The number of halogens is 4. The van der Waals surface area contributed by atoms with Crippen molar-refractivity contribution in [1.29, 1.82) is 0 Å². The van der Waals surface area contributed by atoms with Crippen LogP contribution in [0.1, 0.15) is 0 Å². The van der Waals surface area contributed by atoms with E-state index >= 15 is 0 Å². The van der Waals surface area contributed by atoms with E-state index in [1.807, 2.05) is 0 Å². The van der Waals surface area contributed by atoms with Crippen LogP contribution in [0.15, 0.2) is 12.4 Å². The number of carbonyl (C=O) groups is 1. The Balaban J connectivity index is 2.81. The van der Waals surface area contributed by atoms with Crippen LogP contribution < -0.4 is 0 Å². The number of hydrogen-bond acceptors (Lipinski definition) is 2. The van der Waals surface area contributed by atoms with Gasteiger partial charge in [-0.3, -0.25) is 9.48 Å². The van der Waals surface area contributed by atoms with Crippen LogP contribution in [0, 0.1) is 5.92 Å². The van der Waals surface area contributed by atoms with Crippen molar-refractivity contribution in [2.75, 3.05) is 0 Å². The van der Waals surface area contributed by atoms with E-state index in [1.165, 1.54) is 0 Å². The Labute approximate surface area is 87.3 Å². The predicted molar refractivity (Wildman–Crippen MR) is 44.4 cm³/mol. The Morgan fingerprint density at radius 1 is 1.67 bits per heavy atom. The Morgan fingerprint density at radius 3 is 2.60 bits per heavy atom. The number of carboxylic acids is 1. The van der Waals surface area contributed by atoms with Gasteiger partial charge in [0.15, 0.2) is 5.92 Å². The number of alkyl halides is 3. The topological polar surface area (TPSA) is 55.1 Å². The lowest BCUT2D eigenvalue weighted by molar-refractivity contribution is -0.196. The fraction of sp³-hybridized carbons (Fsp3) is 0.429. The fourth-order valence-corrected chi connectivity index (χ4v) is 1.10. The third-order valence-corrected chi connectivity index (χ3v) is 1.86. The molecule has 1 aromatic heterocycles. The molecule has 1 unspecified atom stereocenters. The van der Waals surface area contributed by atoms with Gasteiger partial charge in [0.2, 0.25) is 0 Å². The van der Waals surface area contributed by atoms with Crippen LogP contribution in [0.3, 0.4) is 0 Å². The lowest BCUT2D eigenvalue weighted by Gasteiger charge is -2.15. The minimum Gasteiger partial charge on any atom is -0.481 e. The molecule has 0 fully saturated rings. The molecule has 0 aliphatic heterocycles. The summed E-state index contributed by atoms with van der Waals surface area (Å²) in [6, 6.07) is 0. The highest BCUT2D eigenvalue weighted by Crippen LogP contribution is 2.27. The van der Waals surface area contributed by atoms with Crippen molar-refractivity contribution in [3.05, 3.63) is 17.4 Å². The number of aromatic nitrogens is 2. The molecule has 1 N–H and O–H groups in total. The maximum absolute atomic E-state index is 12.2. The van der Waals surface area contributed by atoms with Crippen LogP contribution in [-0.4, -0.2) is 27.0 Å². The lowest BCUT2D eigenvalue weighted by Crippen LogP contribution is -2.34. The molecular weight excluding hydrogens is 237 g/mol. The van der Waals surface area contributed by atoms with Gasteiger partial charge < -0.3 is 5.11 Å². The average molecular weight is 243 g/mol. The highest BCUT2D eigenvalue weighted by molar-refractivity contribution is 6.30. The SMILES string of the molecule is O=C(O)C(Cn1cc(Cl)cn1)C(F)(F)F. The van der Waals surface area contributed by atoms with Gasteiger partial charge in [0, 0.05) is 6.20 Å². The van der Waals surface area contributed by atoms with E-state index in [2.05, 4.69) is 5.10 Å². The van der Waals surface area contributed by atoms with E-state index in [9.17, 15) is 18.0 Å². The van der Waals surface area contributed by atoms with Gasteiger partial charge in [0.1, 0.15) is 0 Å². The Hall–Kier alpha value is -1.24. The van der Waals surface area contributed by atoms with Gasteiger partial charge in [-0.25, -0.2) is 0 Å². The largest absolute Gasteiger partial charge is 0.481 e. The molecule has 1 heterocycles. The van der Waals surface area contributed by atoms with E-state index in [0.717, 1.165) is 17.1 Å². The smallest absolute Gasteiger partial charge is 0.404 e. The molecule has 0 bridgehead atoms. The van der Waals surface area contributed by atoms with Crippen molar-refractivity contribution < 1.29 is 23.1 Å². The molecule has 0 aliphatic carbocycles. The summed E-state index contributed by atoms with van der Waals surface area (Å²) < 4.78 is 37.5. The molecule has 0 aromatic carbocycles. The van der Waals surface area contributed by atoms with Gasteiger partial charge in [-0.15, -0.1) is 0 Å². The predicted octanol–water partition coefficient (Wildman–Crippen LogP) is 1.80. The maximum Gasteiger partial charge on any atom is 0.404 e. The zero-order chi connectivity index (χ0) is 11.6. The zero-order valence-corrected chi connectivity index (χ0v) is 7.96. The van der Waals surface area contributed by atoms with Crippen LogP contribution in [0.5, 0.6) is 0 Å². The Morgan fingerprint density at radius 2 is 2.27 bits per heavy atom. The Bertz CT molecular complexity index is 363. The second-order valence-electron chi connectivity index (χ2n) is 2.81. The zero-order valence-electron chi connectivity index (χ0n) is 7.20. The first kappa shape index (κ1) is 11.8. The summed E-state index contributed by atoms with van der Waals surface area (Å²) in [5, 5.41) is 12.0. The third kappa shape index (κ3) is 3.12. The maximum atomic E-state index is 12.2. The molecule has 15 heavy (non-hydrogen) atoms. The monoisotopic (exact) mass is 242 g/mol. The van der Waals surface area contributed by atoms with Crippen molar-refractivity contribution in [1.82, 2.24) is 9.78 Å². The average Bonchev–Trinajstić information content (AvgIpc) is 2.44. The molecule has 8 heteroatoms. The molecule has 0 saturated carbocycles. The summed E-state index contributed by atoms with van der Waals surface area (Å²) in [5.41, 5.74) is 0. The fourth-order valence-electron chi connectivity index (χ4n) is 0.947. The summed E-state index contributed by atoms with van der Waals surface area (Å²) in [5.74, 6) is -4.41. The number of aliphatic carboxylic acids is 1. The summed E-state index contributed by atoms with van der Waals surface area (Å²) in [6.45, 7) is -0.786. The number of carboxylic acid groups (broad SMARTS) is 1. The third-order valence-electron chi connectivity index (χ3n) is 1.66. The van der Waals surface area contributed by atoms with Crippen molar-refractivity contribution >= 4 is 17.6 Å². The minimum absolute atomic E-state index is 0.154. The minimum atomic E-state index is -4.80. The molecule has 0 spiro atoms. The molecule has 4 nitrogen and oxygen atoms in total. The van der Waals surface area contributed by atoms with Crippen LogP contribution >= 0.6 is 11.6 Å². The summed E-state index contributed by atoms with van der Waals surface area (Å²) in [7, 11) is 0. The van der Waals surface area contributed by atoms with Crippen LogP contribution in [-0.2, 0) is 11.3 Å². The highest BCUT2D eigenvalue weighted by Gasteiger charge is 2.45. The molecule has 0 aliphatic rings. The first-order chi connectivity index (χ1) is 6.80. The molecule has 84 valence electrons. The van der Waals surface area contributed by atoms with Crippen LogP contribution in [0.4, 0.5) is 13.2 Å². The quantitative estimate of drug-likeness (QED) is 0.879. The Kier molecular flexibility index (Phi) is 3.23. The number of hydrogen-bond donors (Lipinski definition) is 1. The summed E-state index contributed by atoms with van der Waals surface area (Å²) in [6.07, 6.45) is -2.54. The van der Waals surface area contributed by atoms with Gasteiger partial charge >= 0.3 is 12.1 Å². The van der Waals surface area contributed by atoms with E-state index in [0.29, 0.717) is 0 Å².